The van der Waals surface area contributed by atoms with Gasteiger partial charge < -0.3 is 4.52 Å². The number of phosphoric ester groups is 1. The van der Waals surface area contributed by atoms with Crippen LogP contribution in [0.15, 0.2) is 24.3 Å². The molecule has 0 aliphatic rings. The molecule has 0 heterocycles. The van der Waals surface area contributed by atoms with E-state index in [4.69, 9.17) is 9.79 Å². The molecule has 2 N–H and O–H groups in total. The first-order valence-corrected chi connectivity index (χ1v) is 6.68. The highest BCUT2D eigenvalue weighted by molar-refractivity contribution is 7.46. The first-order chi connectivity index (χ1) is 7.78. The number of ketones is 1. The molecular weight excluding hydrogens is 243 g/mol. The summed E-state index contributed by atoms with van der Waals surface area (Å²) in [5, 5.41) is 0. The van der Waals surface area contributed by atoms with Gasteiger partial charge in [-0.3, -0.25) is 14.6 Å². The van der Waals surface area contributed by atoms with Gasteiger partial charge in [-0.05, 0) is 17.7 Å². The molecule has 1 rings (SSSR count). The summed E-state index contributed by atoms with van der Waals surface area (Å²) in [5.41, 5.74) is 0.793. The summed E-state index contributed by atoms with van der Waals surface area (Å²) < 4.78 is 15.0. The monoisotopic (exact) mass is 258 g/mol. The molecule has 0 aliphatic heterocycles. The van der Waals surface area contributed by atoms with E-state index in [0.29, 0.717) is 6.42 Å². The Morgan fingerprint density at radius 2 is 1.82 bits per heavy atom. The number of Topliss-reactive ketones (excluding diaryl/α,β-unsaturated/α-hetero) is 1. The maximum atomic E-state index is 11.5. The third-order valence-electron chi connectivity index (χ3n) is 2.17. The van der Waals surface area contributed by atoms with E-state index in [-0.39, 0.29) is 17.5 Å². The molecule has 0 aromatic heterocycles. The molecule has 0 amide bonds. The van der Waals surface area contributed by atoms with Gasteiger partial charge in [-0.1, -0.05) is 26.0 Å². The summed E-state index contributed by atoms with van der Waals surface area (Å²) in [6, 6.07) is 6.10. The van der Waals surface area contributed by atoms with Gasteiger partial charge in [-0.25, -0.2) is 4.57 Å². The van der Waals surface area contributed by atoms with E-state index >= 15 is 0 Å². The predicted octanol–water partition coefficient (Wildman–Crippen LogP) is 1.93. The fourth-order valence-corrected chi connectivity index (χ4v) is 1.61. The molecule has 0 fully saturated rings. The predicted molar refractivity (Wildman–Crippen MR) is 62.7 cm³/mol. The molecule has 0 unspecified atom stereocenters. The summed E-state index contributed by atoms with van der Waals surface area (Å²) in [4.78, 5) is 28.7. The second kappa shape index (κ2) is 5.45. The Kier molecular flexibility index (Phi) is 4.46. The van der Waals surface area contributed by atoms with Crippen molar-refractivity contribution in [2.45, 2.75) is 20.3 Å². The van der Waals surface area contributed by atoms with Gasteiger partial charge in [0.25, 0.3) is 0 Å². The molecule has 0 bridgehead atoms. The van der Waals surface area contributed by atoms with Crippen molar-refractivity contribution in [3.63, 3.8) is 0 Å². The van der Waals surface area contributed by atoms with Gasteiger partial charge in [-0.15, -0.1) is 0 Å². The molecular formula is C11H15O5P. The van der Waals surface area contributed by atoms with Crippen LogP contribution in [0, 0.1) is 5.92 Å². The minimum absolute atomic E-state index is 0.0268. The number of phosphoric acid groups is 1. The summed E-state index contributed by atoms with van der Waals surface area (Å²) in [5.74, 6) is 0.175. The zero-order chi connectivity index (χ0) is 13.1. The van der Waals surface area contributed by atoms with Crippen LogP contribution in [0.4, 0.5) is 0 Å². The number of benzene rings is 1. The smallest absolute Gasteiger partial charge is 0.404 e. The first kappa shape index (κ1) is 13.9. The molecule has 0 spiro atoms. The minimum atomic E-state index is -4.51. The van der Waals surface area contributed by atoms with Crippen LogP contribution in [-0.2, 0) is 15.8 Å². The van der Waals surface area contributed by atoms with Crippen molar-refractivity contribution in [2.75, 3.05) is 0 Å². The van der Waals surface area contributed by atoms with Gasteiger partial charge >= 0.3 is 7.82 Å². The summed E-state index contributed by atoms with van der Waals surface area (Å²) in [6.45, 7) is 3.65. The molecule has 0 aliphatic carbocycles. The first-order valence-electron chi connectivity index (χ1n) is 5.15. The van der Waals surface area contributed by atoms with Crippen LogP contribution < -0.4 is 4.52 Å². The molecule has 1 aromatic rings. The van der Waals surface area contributed by atoms with Crippen LogP contribution in [0.1, 0.15) is 19.4 Å². The molecule has 1 aromatic carbocycles. The van der Waals surface area contributed by atoms with Crippen molar-refractivity contribution in [2.24, 2.45) is 5.92 Å². The molecule has 5 nitrogen and oxygen atoms in total. The van der Waals surface area contributed by atoms with E-state index in [1.165, 1.54) is 12.1 Å². The highest BCUT2D eigenvalue weighted by atomic mass is 31.2. The zero-order valence-corrected chi connectivity index (χ0v) is 10.6. The average Bonchev–Trinajstić information content (AvgIpc) is 2.18. The molecule has 17 heavy (non-hydrogen) atoms. The molecule has 0 saturated carbocycles. The lowest BCUT2D eigenvalue weighted by Gasteiger charge is -2.08. The Morgan fingerprint density at radius 1 is 1.29 bits per heavy atom. The second-order valence-electron chi connectivity index (χ2n) is 4.02. The normalized spacial score (nSPS) is 11.6. The van der Waals surface area contributed by atoms with Crippen LogP contribution >= 0.6 is 7.82 Å². The molecule has 0 atom stereocenters. The van der Waals surface area contributed by atoms with Gasteiger partial charge in [0, 0.05) is 12.3 Å². The molecule has 0 radical (unpaired) electrons. The maximum absolute atomic E-state index is 11.5. The standard InChI is InChI=1S/C11H15O5P/c1-8(2)11(12)7-9-3-5-10(6-4-9)16-17(13,14)15/h3-6,8H,7H2,1-2H3,(H2,13,14,15). The van der Waals surface area contributed by atoms with Gasteiger partial charge in [0.15, 0.2) is 0 Å². The summed E-state index contributed by atoms with van der Waals surface area (Å²) in [6.07, 6.45) is 0.313. The van der Waals surface area contributed by atoms with Gasteiger partial charge in [-0.2, -0.15) is 0 Å². The quantitative estimate of drug-likeness (QED) is 0.788. The number of carbonyl (C=O) groups is 1. The van der Waals surface area contributed by atoms with E-state index < -0.39 is 7.82 Å². The van der Waals surface area contributed by atoms with Crippen molar-refractivity contribution in [1.29, 1.82) is 0 Å². The summed E-state index contributed by atoms with van der Waals surface area (Å²) in [7, 11) is -4.51. The fourth-order valence-electron chi connectivity index (χ4n) is 1.21. The minimum Gasteiger partial charge on any atom is -0.404 e. The van der Waals surface area contributed by atoms with Crippen molar-refractivity contribution in [1.82, 2.24) is 0 Å². The third kappa shape index (κ3) is 5.13. The van der Waals surface area contributed by atoms with Gasteiger partial charge in [0.05, 0.1) is 0 Å². The molecule has 94 valence electrons. The zero-order valence-electron chi connectivity index (χ0n) is 9.66. The Labute approximate surface area is 99.7 Å². The van der Waals surface area contributed by atoms with Crippen LogP contribution in [0.5, 0.6) is 5.75 Å². The number of hydrogen-bond donors (Lipinski definition) is 2. The molecule has 6 heteroatoms. The van der Waals surface area contributed by atoms with E-state index in [9.17, 15) is 9.36 Å². The Bertz CT molecular complexity index is 432. The number of hydrogen-bond acceptors (Lipinski definition) is 3. The second-order valence-corrected chi connectivity index (χ2v) is 5.19. The highest BCUT2D eigenvalue weighted by Gasteiger charge is 2.15. The van der Waals surface area contributed by atoms with Crippen molar-refractivity contribution in [3.05, 3.63) is 29.8 Å². The van der Waals surface area contributed by atoms with Crippen LogP contribution in [0.3, 0.4) is 0 Å². The fraction of sp³-hybridized carbons (Fsp3) is 0.364. The van der Waals surface area contributed by atoms with Crippen LogP contribution in [0.25, 0.3) is 0 Å². The highest BCUT2D eigenvalue weighted by Crippen LogP contribution is 2.37. The topological polar surface area (TPSA) is 83.8 Å². The summed E-state index contributed by atoms with van der Waals surface area (Å²) >= 11 is 0. The third-order valence-corrected chi connectivity index (χ3v) is 2.62. The Morgan fingerprint density at radius 3 is 2.24 bits per heavy atom. The Hall–Kier alpha value is -1.16. The largest absolute Gasteiger partial charge is 0.524 e. The maximum Gasteiger partial charge on any atom is 0.524 e. The molecule has 0 saturated heterocycles. The van der Waals surface area contributed by atoms with E-state index in [1.54, 1.807) is 12.1 Å². The van der Waals surface area contributed by atoms with E-state index in [2.05, 4.69) is 4.52 Å². The van der Waals surface area contributed by atoms with Crippen LogP contribution in [0.2, 0.25) is 0 Å². The average molecular weight is 258 g/mol. The van der Waals surface area contributed by atoms with Crippen molar-refractivity contribution < 1.29 is 23.7 Å². The van der Waals surface area contributed by atoms with Gasteiger partial charge in [0.1, 0.15) is 11.5 Å². The lowest BCUT2D eigenvalue weighted by atomic mass is 10.0. The lowest BCUT2D eigenvalue weighted by molar-refractivity contribution is -0.121. The van der Waals surface area contributed by atoms with Gasteiger partial charge in [0.2, 0.25) is 0 Å². The van der Waals surface area contributed by atoms with Crippen molar-refractivity contribution in [3.8, 4) is 5.75 Å². The van der Waals surface area contributed by atoms with Crippen LogP contribution in [-0.4, -0.2) is 15.6 Å². The lowest BCUT2D eigenvalue weighted by Crippen LogP contribution is -2.09. The van der Waals surface area contributed by atoms with E-state index in [1.807, 2.05) is 13.8 Å². The Balaban J connectivity index is 2.69. The number of rotatable bonds is 5. The SMILES string of the molecule is CC(C)C(=O)Cc1ccc(OP(=O)(O)O)cc1. The van der Waals surface area contributed by atoms with E-state index in [0.717, 1.165) is 5.56 Å². The number of carbonyl (C=O) groups excluding carboxylic acids is 1. The van der Waals surface area contributed by atoms with Crippen molar-refractivity contribution >= 4 is 13.6 Å².